The van der Waals surface area contributed by atoms with E-state index in [4.69, 9.17) is 14.2 Å². The highest BCUT2D eigenvalue weighted by molar-refractivity contribution is 4.50. The first-order valence-corrected chi connectivity index (χ1v) is 17.1. The molecule has 0 rings (SSSR count). The molecule has 0 amide bonds. The van der Waals surface area contributed by atoms with E-state index in [-0.39, 0.29) is 0 Å². The molecule has 0 unspecified atom stereocenters. The summed E-state index contributed by atoms with van der Waals surface area (Å²) in [5.41, 5.74) is 0. The minimum absolute atomic E-state index is 0.695. The fourth-order valence-electron chi connectivity index (χ4n) is 4.99. The average Bonchev–Trinajstić information content (AvgIpc) is 2.91. The van der Waals surface area contributed by atoms with Crippen LogP contribution in [0.2, 0.25) is 0 Å². The Hall–Kier alpha value is -0.120. The molecular formula is C34H70O3. The normalized spacial score (nSPS) is 11.5. The number of rotatable bonds is 34. The van der Waals surface area contributed by atoms with Gasteiger partial charge in [-0.3, -0.25) is 0 Å². The third-order valence-corrected chi connectivity index (χ3v) is 7.53. The highest BCUT2D eigenvalue weighted by atomic mass is 16.5. The summed E-state index contributed by atoms with van der Waals surface area (Å²) in [5.74, 6) is 0. The van der Waals surface area contributed by atoms with Crippen LogP contribution in [-0.2, 0) is 14.2 Å². The molecule has 0 atom stereocenters. The summed E-state index contributed by atoms with van der Waals surface area (Å²) in [5, 5.41) is 0. The number of hydrogen-bond donors (Lipinski definition) is 0. The van der Waals surface area contributed by atoms with Crippen molar-refractivity contribution >= 4 is 0 Å². The van der Waals surface area contributed by atoms with Crippen LogP contribution in [0.25, 0.3) is 0 Å². The van der Waals surface area contributed by atoms with Crippen LogP contribution >= 0.6 is 0 Å². The largest absolute Gasteiger partial charge is 0.379 e. The Morgan fingerprint density at radius 2 is 0.405 bits per heavy atom. The maximum atomic E-state index is 5.70. The second kappa shape index (κ2) is 35.9. The Morgan fingerprint density at radius 3 is 0.649 bits per heavy atom. The van der Waals surface area contributed by atoms with Gasteiger partial charge in [0.1, 0.15) is 0 Å². The maximum absolute atomic E-state index is 5.70. The Balaban J connectivity index is 3.00. The van der Waals surface area contributed by atoms with Gasteiger partial charge in [-0.2, -0.15) is 0 Å². The lowest BCUT2D eigenvalue weighted by atomic mass is 10.0. The van der Waals surface area contributed by atoms with Gasteiger partial charge in [-0.25, -0.2) is 0 Å². The molecule has 0 N–H and O–H groups in total. The second-order valence-corrected chi connectivity index (χ2v) is 11.3. The number of ether oxygens (including phenoxy) is 3. The van der Waals surface area contributed by atoms with E-state index in [0.29, 0.717) is 13.2 Å². The SMILES string of the molecule is CCCCCCCCCCCCCCCOCCOCCOCCCCCCCCCCCCCCC. The van der Waals surface area contributed by atoms with Crippen molar-refractivity contribution in [3.05, 3.63) is 0 Å². The first-order chi connectivity index (χ1) is 18.4. The van der Waals surface area contributed by atoms with Gasteiger partial charge in [0.05, 0.1) is 26.4 Å². The molecule has 37 heavy (non-hydrogen) atoms. The first-order valence-electron chi connectivity index (χ1n) is 17.1. The van der Waals surface area contributed by atoms with E-state index in [1.54, 1.807) is 0 Å². The molecule has 0 aliphatic rings. The molecule has 0 aliphatic heterocycles. The molecule has 0 bridgehead atoms. The van der Waals surface area contributed by atoms with Crippen LogP contribution in [-0.4, -0.2) is 39.6 Å². The highest BCUT2D eigenvalue weighted by Crippen LogP contribution is 2.13. The third-order valence-electron chi connectivity index (χ3n) is 7.53. The zero-order valence-electron chi connectivity index (χ0n) is 25.9. The molecule has 0 aromatic heterocycles. The van der Waals surface area contributed by atoms with Crippen LogP contribution in [0.1, 0.15) is 181 Å². The van der Waals surface area contributed by atoms with Gasteiger partial charge < -0.3 is 14.2 Å². The summed E-state index contributed by atoms with van der Waals surface area (Å²) in [7, 11) is 0. The predicted octanol–water partition coefficient (Wildman–Crippen LogP) is 11.2. The first kappa shape index (κ1) is 36.9. The summed E-state index contributed by atoms with van der Waals surface area (Å²) in [6.07, 6.45) is 36.3. The average molecular weight is 527 g/mol. The van der Waals surface area contributed by atoms with Crippen molar-refractivity contribution in [2.75, 3.05) is 39.6 Å². The molecule has 3 nitrogen and oxygen atoms in total. The molecule has 0 spiro atoms. The van der Waals surface area contributed by atoms with Crippen molar-refractivity contribution in [3.8, 4) is 0 Å². The van der Waals surface area contributed by atoms with Gasteiger partial charge in [0.15, 0.2) is 0 Å². The smallest absolute Gasteiger partial charge is 0.0701 e. The molecule has 0 radical (unpaired) electrons. The van der Waals surface area contributed by atoms with Gasteiger partial charge in [-0.1, -0.05) is 168 Å². The minimum atomic E-state index is 0.695. The minimum Gasteiger partial charge on any atom is -0.379 e. The summed E-state index contributed by atoms with van der Waals surface area (Å²) >= 11 is 0. The van der Waals surface area contributed by atoms with Gasteiger partial charge in [0, 0.05) is 13.2 Å². The van der Waals surface area contributed by atoms with Crippen molar-refractivity contribution < 1.29 is 14.2 Å². The molecule has 0 saturated carbocycles. The summed E-state index contributed by atoms with van der Waals surface area (Å²) in [6.45, 7) is 9.18. The van der Waals surface area contributed by atoms with E-state index in [9.17, 15) is 0 Å². The second-order valence-electron chi connectivity index (χ2n) is 11.3. The van der Waals surface area contributed by atoms with Gasteiger partial charge in [0.25, 0.3) is 0 Å². The van der Waals surface area contributed by atoms with Crippen molar-refractivity contribution in [2.24, 2.45) is 0 Å². The van der Waals surface area contributed by atoms with Gasteiger partial charge in [0.2, 0.25) is 0 Å². The molecular weight excluding hydrogens is 456 g/mol. The van der Waals surface area contributed by atoms with E-state index < -0.39 is 0 Å². The monoisotopic (exact) mass is 527 g/mol. The quantitative estimate of drug-likeness (QED) is 0.0780. The lowest BCUT2D eigenvalue weighted by molar-refractivity contribution is 0.0132. The Labute approximate surface area is 234 Å². The topological polar surface area (TPSA) is 27.7 Å². The van der Waals surface area contributed by atoms with Crippen LogP contribution in [0.4, 0.5) is 0 Å². The van der Waals surface area contributed by atoms with E-state index in [1.165, 1.54) is 167 Å². The van der Waals surface area contributed by atoms with Crippen LogP contribution in [0.5, 0.6) is 0 Å². The Bertz CT molecular complexity index is 340. The summed E-state index contributed by atoms with van der Waals surface area (Å²) in [4.78, 5) is 0. The van der Waals surface area contributed by atoms with Gasteiger partial charge in [-0.15, -0.1) is 0 Å². The fraction of sp³-hybridized carbons (Fsp3) is 1.00. The van der Waals surface area contributed by atoms with Crippen LogP contribution < -0.4 is 0 Å². The lowest BCUT2D eigenvalue weighted by Crippen LogP contribution is -2.10. The number of hydrogen-bond acceptors (Lipinski definition) is 3. The van der Waals surface area contributed by atoms with E-state index in [1.807, 2.05) is 0 Å². The van der Waals surface area contributed by atoms with Crippen molar-refractivity contribution in [2.45, 2.75) is 181 Å². The molecule has 0 aromatic carbocycles. The fourth-order valence-corrected chi connectivity index (χ4v) is 4.99. The number of unbranched alkanes of at least 4 members (excludes halogenated alkanes) is 24. The standard InChI is InChI=1S/C34H70O3/c1-3-5-7-9-11-13-15-17-19-21-23-25-27-29-35-31-33-37-34-32-36-30-28-26-24-22-20-18-16-14-12-10-8-6-4-2/h3-34H2,1-2H3. The molecule has 0 aromatic rings. The van der Waals surface area contributed by atoms with Crippen LogP contribution in [0.3, 0.4) is 0 Å². The Kier molecular flexibility index (Phi) is 35.8. The van der Waals surface area contributed by atoms with Crippen LogP contribution in [0.15, 0.2) is 0 Å². The predicted molar refractivity (Wildman–Crippen MR) is 164 cm³/mol. The molecule has 3 heteroatoms. The third kappa shape index (κ3) is 35.9. The van der Waals surface area contributed by atoms with E-state index >= 15 is 0 Å². The summed E-state index contributed by atoms with van der Waals surface area (Å²) in [6, 6.07) is 0. The van der Waals surface area contributed by atoms with Crippen LogP contribution in [0, 0.1) is 0 Å². The maximum Gasteiger partial charge on any atom is 0.0701 e. The molecule has 0 heterocycles. The van der Waals surface area contributed by atoms with Crippen molar-refractivity contribution in [3.63, 3.8) is 0 Å². The van der Waals surface area contributed by atoms with E-state index in [2.05, 4.69) is 13.8 Å². The van der Waals surface area contributed by atoms with Crippen molar-refractivity contribution in [1.29, 1.82) is 0 Å². The lowest BCUT2D eigenvalue weighted by Gasteiger charge is -2.07. The zero-order chi connectivity index (χ0) is 26.7. The molecule has 0 saturated heterocycles. The molecule has 0 aliphatic carbocycles. The zero-order valence-corrected chi connectivity index (χ0v) is 25.9. The highest BCUT2D eigenvalue weighted by Gasteiger charge is 1.97. The van der Waals surface area contributed by atoms with E-state index in [0.717, 1.165) is 26.4 Å². The Morgan fingerprint density at radius 1 is 0.216 bits per heavy atom. The van der Waals surface area contributed by atoms with Gasteiger partial charge in [-0.05, 0) is 12.8 Å². The summed E-state index contributed by atoms with van der Waals surface area (Å²) < 4.78 is 17.0. The van der Waals surface area contributed by atoms with Crippen molar-refractivity contribution in [1.82, 2.24) is 0 Å². The molecule has 0 fully saturated rings. The molecule has 224 valence electrons. The van der Waals surface area contributed by atoms with Gasteiger partial charge >= 0.3 is 0 Å².